The van der Waals surface area contributed by atoms with Crippen molar-refractivity contribution < 1.29 is 19.7 Å². The summed E-state index contributed by atoms with van der Waals surface area (Å²) in [7, 11) is 0. The van der Waals surface area contributed by atoms with Gasteiger partial charge in [0.1, 0.15) is 29.9 Å². The lowest BCUT2D eigenvalue weighted by Gasteiger charge is -2.24. The number of aromatic amines is 1. The minimum atomic E-state index is -1.91. The number of hydrogen-bond donors (Lipinski definition) is 4. The fourth-order valence-electron chi connectivity index (χ4n) is 2.91. The summed E-state index contributed by atoms with van der Waals surface area (Å²) in [5.74, 6) is -0.157. The van der Waals surface area contributed by atoms with E-state index in [0.29, 0.717) is 0 Å². The van der Waals surface area contributed by atoms with E-state index in [2.05, 4.69) is 10.1 Å². The predicted octanol–water partition coefficient (Wildman–Crippen LogP) is -1.13. The van der Waals surface area contributed by atoms with E-state index in [1.807, 2.05) is 19.9 Å². The number of aliphatic hydroxyl groups is 2. The Kier molecular flexibility index (Phi) is 4.26. The maximum Gasteiger partial charge on any atom is 0.276 e. The molecule has 10 heteroatoms. The van der Waals surface area contributed by atoms with Crippen molar-refractivity contribution in [2.24, 2.45) is 0 Å². The summed E-state index contributed by atoms with van der Waals surface area (Å²) in [6, 6.07) is 4.77. The number of rotatable bonds is 4. The number of fused-ring (bicyclic) bond motifs is 1. The molecule has 5 N–H and O–H groups in total. The average Bonchev–Trinajstić information content (AvgIpc) is 3.08. The molecule has 0 amide bonds. The largest absolute Gasteiger partial charge is 0.387 e. The van der Waals surface area contributed by atoms with E-state index in [9.17, 15) is 20.3 Å². The predicted molar refractivity (Wildman–Crippen MR) is 85.5 cm³/mol. The monoisotopic (exact) mass is 349 g/mol. The highest BCUT2D eigenvalue weighted by molar-refractivity contribution is 5.50. The summed E-state index contributed by atoms with van der Waals surface area (Å²) in [4.78, 5) is 14.3. The average molecular weight is 349 g/mol. The van der Waals surface area contributed by atoms with Gasteiger partial charge in [0.25, 0.3) is 5.56 Å². The topological polar surface area (TPSA) is 159 Å². The second kappa shape index (κ2) is 6.12. The number of nitrogens with one attached hydrogen (secondary N) is 1. The lowest BCUT2D eigenvalue weighted by molar-refractivity contribution is -0.0846. The number of nitrogen functional groups attached to an aromatic ring is 1. The van der Waals surface area contributed by atoms with Gasteiger partial charge in [-0.25, -0.2) is 4.52 Å². The van der Waals surface area contributed by atoms with Crippen LogP contribution in [0.2, 0.25) is 0 Å². The van der Waals surface area contributed by atoms with Gasteiger partial charge in [-0.05, 0) is 26.0 Å². The Morgan fingerprint density at radius 1 is 1.56 bits per heavy atom. The summed E-state index contributed by atoms with van der Waals surface area (Å²) in [5.41, 5.74) is 3.38. The molecule has 25 heavy (non-hydrogen) atoms. The molecule has 10 nitrogen and oxygen atoms in total. The third kappa shape index (κ3) is 2.67. The molecule has 2 aromatic heterocycles. The lowest BCUT2D eigenvalue weighted by atomic mass is 9.92. The molecule has 1 aliphatic rings. The minimum Gasteiger partial charge on any atom is -0.387 e. The van der Waals surface area contributed by atoms with Gasteiger partial charge in [0.05, 0.1) is 18.4 Å². The minimum absolute atomic E-state index is 0.00121. The van der Waals surface area contributed by atoms with Gasteiger partial charge >= 0.3 is 0 Å². The summed E-state index contributed by atoms with van der Waals surface area (Å²) in [6.45, 7) is 3.63. The zero-order valence-electron chi connectivity index (χ0n) is 13.7. The van der Waals surface area contributed by atoms with Crippen LogP contribution in [0.3, 0.4) is 0 Å². The quantitative estimate of drug-likeness (QED) is 0.539. The van der Waals surface area contributed by atoms with Crippen LogP contribution in [0.4, 0.5) is 5.95 Å². The molecule has 0 aromatic carbocycles. The second-order valence-electron chi connectivity index (χ2n) is 6.18. The van der Waals surface area contributed by atoms with E-state index in [1.54, 1.807) is 0 Å². The van der Waals surface area contributed by atoms with Gasteiger partial charge in [-0.1, -0.05) is 0 Å². The summed E-state index contributed by atoms with van der Waals surface area (Å²) >= 11 is 0. The molecular weight excluding hydrogens is 330 g/mol. The first kappa shape index (κ1) is 17.4. The van der Waals surface area contributed by atoms with E-state index >= 15 is 0 Å². The number of aliphatic hydroxyl groups excluding tert-OH is 2. The zero-order valence-corrected chi connectivity index (χ0v) is 13.7. The molecule has 1 saturated heterocycles. The van der Waals surface area contributed by atoms with Crippen molar-refractivity contribution in [2.45, 2.75) is 43.9 Å². The van der Waals surface area contributed by atoms with Crippen molar-refractivity contribution in [1.82, 2.24) is 14.6 Å². The van der Waals surface area contributed by atoms with Gasteiger partial charge in [0.2, 0.25) is 11.5 Å². The van der Waals surface area contributed by atoms with Crippen molar-refractivity contribution in [3.63, 3.8) is 0 Å². The van der Waals surface area contributed by atoms with Gasteiger partial charge in [-0.3, -0.25) is 9.78 Å². The number of hydrogen-bond acceptors (Lipinski definition) is 8. The molecule has 0 unspecified atom stereocenters. The number of nitrogens with two attached hydrogens (primary N) is 1. The van der Waals surface area contributed by atoms with Gasteiger partial charge < -0.3 is 25.4 Å². The van der Waals surface area contributed by atoms with E-state index in [-0.39, 0.29) is 29.9 Å². The third-order valence-corrected chi connectivity index (χ3v) is 4.14. The molecule has 134 valence electrons. The van der Waals surface area contributed by atoms with Crippen LogP contribution in [-0.4, -0.2) is 55.8 Å². The van der Waals surface area contributed by atoms with Gasteiger partial charge in [0, 0.05) is 0 Å². The van der Waals surface area contributed by atoms with Gasteiger partial charge in [-0.2, -0.15) is 5.26 Å². The number of ether oxygens (including phenoxy) is 2. The highest BCUT2D eigenvalue weighted by atomic mass is 16.6. The molecule has 0 bridgehead atoms. The van der Waals surface area contributed by atoms with Crippen LogP contribution in [0.5, 0.6) is 0 Å². The summed E-state index contributed by atoms with van der Waals surface area (Å²) in [6.07, 6.45) is -3.93. The Balaban J connectivity index is 2.08. The van der Waals surface area contributed by atoms with Crippen LogP contribution in [0.1, 0.15) is 19.5 Å². The Hall–Kier alpha value is -2.45. The lowest BCUT2D eigenvalue weighted by Crippen LogP contribution is -2.41. The molecule has 1 fully saturated rings. The highest BCUT2D eigenvalue weighted by Crippen LogP contribution is 2.40. The first-order chi connectivity index (χ1) is 11.8. The first-order valence-corrected chi connectivity index (χ1v) is 7.75. The normalized spacial score (nSPS) is 29.4. The smallest absolute Gasteiger partial charge is 0.276 e. The number of H-pyrrole nitrogens is 1. The number of anilines is 1. The van der Waals surface area contributed by atoms with Crippen molar-refractivity contribution in [2.75, 3.05) is 12.3 Å². The molecule has 2 aromatic rings. The maximum absolute atomic E-state index is 12.0. The van der Waals surface area contributed by atoms with Crippen LogP contribution in [0.25, 0.3) is 5.52 Å². The summed E-state index contributed by atoms with van der Waals surface area (Å²) < 4.78 is 12.3. The second-order valence-corrected chi connectivity index (χ2v) is 6.18. The molecule has 4 atom stereocenters. The fourth-order valence-corrected chi connectivity index (χ4v) is 2.91. The van der Waals surface area contributed by atoms with E-state index in [1.165, 1.54) is 12.1 Å². The number of aromatic nitrogens is 3. The molecule has 3 rings (SSSR count). The zero-order chi connectivity index (χ0) is 18.4. The number of nitrogens with zero attached hydrogens (tertiary/aromatic N) is 3. The van der Waals surface area contributed by atoms with Crippen molar-refractivity contribution in [3.05, 3.63) is 28.2 Å². The van der Waals surface area contributed by atoms with Crippen LogP contribution in [0.15, 0.2) is 16.9 Å². The first-order valence-electron chi connectivity index (χ1n) is 7.75. The van der Waals surface area contributed by atoms with Crippen LogP contribution in [-0.2, 0) is 15.1 Å². The Morgan fingerprint density at radius 2 is 2.28 bits per heavy atom. The SMILES string of the molecule is CC(C)OC[C@H]1O[C@@](C#N)(c2ccc3c(=O)[nH]c(N)nn23)[C@H](O)[C@@H]1O. The van der Waals surface area contributed by atoms with Crippen molar-refractivity contribution in [3.8, 4) is 6.07 Å². The fraction of sp³-hybridized carbons (Fsp3) is 0.533. The standard InChI is InChI=1S/C15H19N5O5/c1-7(2)24-5-9-11(21)12(22)15(6-16,25-9)10-4-3-8-13(23)18-14(17)19-20(8)10/h3-4,7,9,11-12,21-22H,5H2,1-2H3,(H3,17,18,19,23)/t9-,11-,12-,15+/m1/s1. The molecule has 1 aliphatic heterocycles. The Bertz CT molecular complexity index is 885. The van der Waals surface area contributed by atoms with Gasteiger partial charge in [-0.15, -0.1) is 5.10 Å². The van der Waals surface area contributed by atoms with E-state index in [0.717, 1.165) is 4.52 Å². The number of nitriles is 1. The van der Waals surface area contributed by atoms with E-state index < -0.39 is 29.5 Å². The van der Waals surface area contributed by atoms with Crippen LogP contribution < -0.4 is 11.3 Å². The molecule has 0 spiro atoms. The Morgan fingerprint density at radius 3 is 2.92 bits per heavy atom. The molecule has 0 saturated carbocycles. The molecule has 0 radical (unpaired) electrons. The van der Waals surface area contributed by atoms with E-state index in [4.69, 9.17) is 15.2 Å². The maximum atomic E-state index is 12.0. The van der Waals surface area contributed by atoms with Crippen molar-refractivity contribution in [1.29, 1.82) is 5.26 Å². The van der Waals surface area contributed by atoms with Gasteiger partial charge in [0.15, 0.2) is 0 Å². The van der Waals surface area contributed by atoms with Crippen molar-refractivity contribution >= 4 is 11.5 Å². The molecule has 3 heterocycles. The highest BCUT2D eigenvalue weighted by Gasteiger charge is 2.57. The summed E-state index contributed by atoms with van der Waals surface area (Å²) in [5, 5.41) is 34.5. The van der Waals surface area contributed by atoms with Crippen LogP contribution in [0, 0.1) is 11.3 Å². The third-order valence-electron chi connectivity index (χ3n) is 4.14. The Labute approximate surface area is 142 Å². The molecule has 0 aliphatic carbocycles. The molecular formula is C15H19N5O5. The van der Waals surface area contributed by atoms with Crippen LogP contribution >= 0.6 is 0 Å².